The van der Waals surface area contributed by atoms with E-state index in [1.165, 1.54) is 25.3 Å². The van der Waals surface area contributed by atoms with E-state index in [0.717, 1.165) is 6.42 Å². The molecule has 1 rings (SSSR count). The summed E-state index contributed by atoms with van der Waals surface area (Å²) in [5.74, 6) is -1.69. The number of ether oxygens (including phenoxy) is 1. The Hall–Kier alpha value is -2.13. The molecule has 0 aliphatic heterocycles. The first-order valence-electron chi connectivity index (χ1n) is 8.36. The zero-order valence-electron chi connectivity index (χ0n) is 15.4. The Labute approximate surface area is 154 Å². The number of carboxylic acid groups (broad SMARTS) is 1. The molecule has 0 fully saturated rings. The summed E-state index contributed by atoms with van der Waals surface area (Å²) in [4.78, 5) is 23.5. The van der Waals surface area contributed by atoms with E-state index in [9.17, 15) is 23.1 Å². The minimum Gasteiger partial charge on any atom is -0.495 e. The molecular weight excluding hydrogens is 360 g/mol. The summed E-state index contributed by atoms with van der Waals surface area (Å²) in [6, 6.07) is 2.57. The fraction of sp³-hybridized carbons (Fsp3) is 0.529. The number of methoxy groups -OCH3 is 1. The summed E-state index contributed by atoms with van der Waals surface area (Å²) < 4.78 is 32.4. The maximum atomic E-state index is 12.5. The van der Waals surface area contributed by atoms with Gasteiger partial charge >= 0.3 is 5.97 Å². The van der Waals surface area contributed by atoms with Crippen LogP contribution in [0.4, 0.5) is 0 Å². The Bertz CT molecular complexity index is 746. The maximum Gasteiger partial charge on any atom is 0.326 e. The maximum absolute atomic E-state index is 12.5. The summed E-state index contributed by atoms with van der Waals surface area (Å²) in [7, 11) is -2.56. The van der Waals surface area contributed by atoms with Gasteiger partial charge in [0.1, 0.15) is 16.7 Å². The second-order valence-corrected chi connectivity index (χ2v) is 7.83. The number of carbonyl (C=O) groups is 2. The van der Waals surface area contributed by atoms with Crippen molar-refractivity contribution in [3.8, 4) is 5.75 Å². The van der Waals surface area contributed by atoms with E-state index < -0.39 is 27.9 Å². The summed E-state index contributed by atoms with van der Waals surface area (Å²) in [5, 5.41) is 11.7. The lowest BCUT2D eigenvalue weighted by Gasteiger charge is -2.16. The average Bonchev–Trinajstić information content (AvgIpc) is 2.56. The van der Waals surface area contributed by atoms with E-state index in [2.05, 4.69) is 10.0 Å². The Morgan fingerprint density at radius 2 is 1.92 bits per heavy atom. The number of hydrogen-bond donors (Lipinski definition) is 3. The number of rotatable bonds is 10. The number of benzene rings is 1. The van der Waals surface area contributed by atoms with E-state index in [4.69, 9.17) is 4.74 Å². The highest BCUT2D eigenvalue weighted by Crippen LogP contribution is 2.25. The molecular formula is C17H26N2O6S. The molecule has 3 N–H and O–H groups in total. The fourth-order valence-electron chi connectivity index (χ4n) is 2.31. The Morgan fingerprint density at radius 3 is 2.42 bits per heavy atom. The van der Waals surface area contributed by atoms with Crippen molar-refractivity contribution in [2.45, 2.75) is 57.0 Å². The van der Waals surface area contributed by atoms with Crippen LogP contribution in [0.3, 0.4) is 0 Å². The number of unbranched alkanes of at least 4 members (excludes halogenated alkanes) is 1. The van der Waals surface area contributed by atoms with Crippen LogP contribution in [0.25, 0.3) is 0 Å². The van der Waals surface area contributed by atoms with Crippen LogP contribution in [0.1, 0.15) is 50.4 Å². The highest BCUT2D eigenvalue weighted by molar-refractivity contribution is 7.89. The third-order valence-electron chi connectivity index (χ3n) is 3.56. The first-order valence-corrected chi connectivity index (χ1v) is 9.84. The molecule has 0 saturated carbocycles. The summed E-state index contributed by atoms with van der Waals surface area (Å²) in [6.45, 7) is 5.26. The number of aliphatic carboxylic acids is 1. The molecule has 0 aromatic heterocycles. The zero-order chi connectivity index (χ0) is 19.9. The van der Waals surface area contributed by atoms with Gasteiger partial charge in [-0.3, -0.25) is 4.79 Å². The lowest BCUT2D eigenvalue weighted by molar-refractivity contribution is -0.139. The van der Waals surface area contributed by atoms with Gasteiger partial charge in [0.05, 0.1) is 7.11 Å². The van der Waals surface area contributed by atoms with Crippen molar-refractivity contribution in [3.05, 3.63) is 23.8 Å². The highest BCUT2D eigenvalue weighted by atomic mass is 32.2. The van der Waals surface area contributed by atoms with Gasteiger partial charge in [0, 0.05) is 11.6 Å². The molecule has 1 amide bonds. The van der Waals surface area contributed by atoms with Gasteiger partial charge in [-0.2, -0.15) is 0 Å². The minimum atomic E-state index is -3.89. The smallest absolute Gasteiger partial charge is 0.326 e. The highest BCUT2D eigenvalue weighted by Gasteiger charge is 2.24. The number of amides is 1. The molecule has 0 heterocycles. The van der Waals surface area contributed by atoms with Crippen LogP contribution in [-0.2, 0) is 14.8 Å². The summed E-state index contributed by atoms with van der Waals surface area (Å²) in [5.41, 5.74) is 0.0395. The largest absolute Gasteiger partial charge is 0.495 e. The molecule has 0 spiro atoms. The van der Waals surface area contributed by atoms with Crippen LogP contribution in [0.2, 0.25) is 0 Å². The molecule has 0 radical (unpaired) electrons. The van der Waals surface area contributed by atoms with Crippen molar-refractivity contribution in [1.82, 2.24) is 10.0 Å². The molecule has 1 aromatic carbocycles. The van der Waals surface area contributed by atoms with E-state index in [-0.39, 0.29) is 22.3 Å². The molecule has 0 aliphatic rings. The summed E-state index contributed by atoms with van der Waals surface area (Å²) in [6.07, 6.45) is 1.75. The lowest BCUT2D eigenvalue weighted by Crippen LogP contribution is -2.40. The molecule has 1 aromatic rings. The van der Waals surface area contributed by atoms with Crippen LogP contribution < -0.4 is 14.8 Å². The number of carboxylic acids is 1. The molecule has 0 saturated heterocycles. The van der Waals surface area contributed by atoms with Crippen molar-refractivity contribution in [2.24, 2.45) is 0 Å². The first-order chi connectivity index (χ1) is 12.1. The number of sulfonamides is 1. The molecule has 9 heteroatoms. The van der Waals surface area contributed by atoms with Crippen LogP contribution in [0.5, 0.6) is 5.75 Å². The van der Waals surface area contributed by atoms with E-state index in [0.29, 0.717) is 12.8 Å². The normalized spacial score (nSPS) is 12.7. The van der Waals surface area contributed by atoms with Gasteiger partial charge in [0.25, 0.3) is 5.91 Å². The van der Waals surface area contributed by atoms with Crippen LogP contribution in [-0.4, -0.2) is 44.6 Å². The number of nitrogens with one attached hydrogen (secondary N) is 2. The molecule has 8 nitrogen and oxygen atoms in total. The zero-order valence-corrected chi connectivity index (χ0v) is 16.2. The van der Waals surface area contributed by atoms with Gasteiger partial charge in [-0.25, -0.2) is 17.9 Å². The van der Waals surface area contributed by atoms with Gasteiger partial charge in [0.15, 0.2) is 0 Å². The van der Waals surface area contributed by atoms with Gasteiger partial charge in [-0.05, 0) is 38.5 Å². The fourth-order valence-corrected chi connectivity index (χ4v) is 3.75. The average molecular weight is 386 g/mol. The third kappa shape index (κ3) is 5.99. The second kappa shape index (κ2) is 9.54. The van der Waals surface area contributed by atoms with E-state index >= 15 is 0 Å². The van der Waals surface area contributed by atoms with Crippen molar-refractivity contribution >= 4 is 21.9 Å². The first kappa shape index (κ1) is 21.9. The summed E-state index contributed by atoms with van der Waals surface area (Å²) >= 11 is 0. The third-order valence-corrected chi connectivity index (χ3v) is 5.24. The standard InChI is InChI=1S/C17H26N2O6S/c1-5-6-7-13(17(21)22)18-16(20)12-8-9-14(25-4)15(10-12)26(23,24)19-11(2)3/h8-11,13,19H,5-7H2,1-4H3,(H,18,20)(H,21,22). The van der Waals surface area contributed by atoms with Crippen molar-refractivity contribution in [2.75, 3.05) is 7.11 Å². The number of carbonyl (C=O) groups excluding carboxylic acids is 1. The van der Waals surface area contributed by atoms with Crippen LogP contribution in [0, 0.1) is 0 Å². The van der Waals surface area contributed by atoms with Gasteiger partial charge in [-0.1, -0.05) is 19.8 Å². The van der Waals surface area contributed by atoms with Crippen molar-refractivity contribution in [1.29, 1.82) is 0 Å². The number of hydrogen-bond acceptors (Lipinski definition) is 5. The molecule has 0 aliphatic carbocycles. The predicted molar refractivity (Wildman–Crippen MR) is 96.9 cm³/mol. The second-order valence-electron chi connectivity index (χ2n) is 6.15. The minimum absolute atomic E-state index is 0.0395. The molecule has 1 atom stereocenters. The quantitative estimate of drug-likeness (QED) is 0.563. The Morgan fingerprint density at radius 1 is 1.27 bits per heavy atom. The van der Waals surface area contributed by atoms with E-state index in [1.807, 2.05) is 6.92 Å². The van der Waals surface area contributed by atoms with Crippen molar-refractivity contribution in [3.63, 3.8) is 0 Å². The van der Waals surface area contributed by atoms with Crippen LogP contribution >= 0.6 is 0 Å². The van der Waals surface area contributed by atoms with Crippen LogP contribution in [0.15, 0.2) is 23.1 Å². The Kier molecular flexibility index (Phi) is 8.04. The molecule has 0 bridgehead atoms. The van der Waals surface area contributed by atoms with E-state index in [1.54, 1.807) is 13.8 Å². The predicted octanol–water partition coefficient (Wildman–Crippen LogP) is 1.76. The Balaban J connectivity index is 3.16. The molecule has 26 heavy (non-hydrogen) atoms. The lowest BCUT2D eigenvalue weighted by atomic mass is 10.1. The topological polar surface area (TPSA) is 122 Å². The van der Waals surface area contributed by atoms with Gasteiger partial charge in [-0.15, -0.1) is 0 Å². The monoisotopic (exact) mass is 386 g/mol. The molecule has 1 unspecified atom stereocenters. The van der Waals surface area contributed by atoms with Gasteiger partial charge in [0.2, 0.25) is 10.0 Å². The van der Waals surface area contributed by atoms with Crippen molar-refractivity contribution < 1.29 is 27.9 Å². The SMILES string of the molecule is CCCCC(NC(=O)c1ccc(OC)c(S(=O)(=O)NC(C)C)c1)C(=O)O. The van der Waals surface area contributed by atoms with Gasteiger partial charge < -0.3 is 15.2 Å². The molecule has 146 valence electrons.